The fourth-order valence-electron chi connectivity index (χ4n) is 3.17. The molecule has 0 spiro atoms. The Morgan fingerprint density at radius 1 is 1.35 bits per heavy atom. The standard InChI is InChI=1S/C14H26N2O4/c1-9-3-5-16(6-4-9)13-11(7-15-10(2)18)20-12(8-17)14(13)19/h9,11-14,17,19H,3-8H2,1-2H3,(H,15,18)/t11-,12+,13+,14-/m1/s1. The van der Waals surface area contributed by atoms with E-state index in [0.29, 0.717) is 12.5 Å². The van der Waals surface area contributed by atoms with Gasteiger partial charge >= 0.3 is 0 Å². The van der Waals surface area contributed by atoms with Gasteiger partial charge < -0.3 is 20.3 Å². The summed E-state index contributed by atoms with van der Waals surface area (Å²) in [6.07, 6.45) is 0.699. The molecule has 0 saturated carbocycles. The van der Waals surface area contributed by atoms with Crippen LogP contribution >= 0.6 is 0 Å². The van der Waals surface area contributed by atoms with Crippen LogP contribution in [0.3, 0.4) is 0 Å². The van der Waals surface area contributed by atoms with E-state index in [1.807, 2.05) is 0 Å². The number of ether oxygens (including phenoxy) is 1. The van der Waals surface area contributed by atoms with E-state index in [9.17, 15) is 15.0 Å². The lowest BCUT2D eigenvalue weighted by atomic mass is 9.94. The molecule has 0 aromatic carbocycles. The van der Waals surface area contributed by atoms with E-state index in [1.165, 1.54) is 6.92 Å². The monoisotopic (exact) mass is 286 g/mol. The number of nitrogens with one attached hydrogen (secondary N) is 1. The third kappa shape index (κ3) is 3.49. The number of hydrogen-bond donors (Lipinski definition) is 3. The minimum absolute atomic E-state index is 0.110. The second-order valence-corrected chi connectivity index (χ2v) is 6.03. The largest absolute Gasteiger partial charge is 0.394 e. The van der Waals surface area contributed by atoms with Crippen molar-refractivity contribution in [1.29, 1.82) is 0 Å². The van der Waals surface area contributed by atoms with Crippen molar-refractivity contribution in [2.45, 2.75) is 51.0 Å². The Labute approximate surface area is 120 Å². The molecule has 3 N–H and O–H groups in total. The van der Waals surface area contributed by atoms with Gasteiger partial charge in [-0.3, -0.25) is 9.69 Å². The van der Waals surface area contributed by atoms with Crippen molar-refractivity contribution in [2.75, 3.05) is 26.2 Å². The molecule has 4 atom stereocenters. The maximum absolute atomic E-state index is 11.1. The fraction of sp³-hybridized carbons (Fsp3) is 0.929. The molecule has 2 rings (SSSR count). The summed E-state index contributed by atoms with van der Waals surface area (Å²) in [4.78, 5) is 13.3. The highest BCUT2D eigenvalue weighted by atomic mass is 16.5. The van der Waals surface area contributed by atoms with E-state index in [1.54, 1.807) is 0 Å². The first-order valence-corrected chi connectivity index (χ1v) is 7.45. The Hall–Kier alpha value is -0.690. The molecule has 20 heavy (non-hydrogen) atoms. The molecule has 2 aliphatic heterocycles. The number of hydrogen-bond acceptors (Lipinski definition) is 5. The van der Waals surface area contributed by atoms with E-state index in [4.69, 9.17) is 4.74 Å². The highest BCUT2D eigenvalue weighted by Crippen LogP contribution is 2.29. The number of likely N-dealkylation sites (tertiary alicyclic amines) is 1. The summed E-state index contributed by atoms with van der Waals surface area (Å²) in [5.41, 5.74) is 0. The number of aliphatic hydroxyl groups is 2. The molecule has 0 radical (unpaired) electrons. The Morgan fingerprint density at radius 2 is 2.00 bits per heavy atom. The molecule has 2 heterocycles. The van der Waals surface area contributed by atoms with Gasteiger partial charge in [-0.15, -0.1) is 0 Å². The zero-order valence-corrected chi connectivity index (χ0v) is 12.3. The SMILES string of the molecule is CC(=O)NC[C@H]1O[C@@H](CO)[C@@H](O)[C@H]1N1CCC(C)CC1. The molecular formula is C14H26N2O4. The van der Waals surface area contributed by atoms with Gasteiger partial charge in [-0.25, -0.2) is 0 Å². The van der Waals surface area contributed by atoms with Gasteiger partial charge in [0, 0.05) is 13.5 Å². The molecule has 0 unspecified atom stereocenters. The third-order valence-corrected chi connectivity index (χ3v) is 4.43. The van der Waals surface area contributed by atoms with Crippen LogP contribution in [0.1, 0.15) is 26.7 Å². The van der Waals surface area contributed by atoms with Crippen LogP contribution in [0.5, 0.6) is 0 Å². The molecule has 0 aliphatic carbocycles. The third-order valence-electron chi connectivity index (χ3n) is 4.43. The fourth-order valence-corrected chi connectivity index (χ4v) is 3.17. The Bertz CT molecular complexity index is 331. The van der Waals surface area contributed by atoms with Crippen molar-refractivity contribution in [1.82, 2.24) is 10.2 Å². The first-order valence-electron chi connectivity index (χ1n) is 7.45. The average Bonchev–Trinajstić information content (AvgIpc) is 2.74. The highest BCUT2D eigenvalue weighted by Gasteiger charge is 2.46. The van der Waals surface area contributed by atoms with Gasteiger partial charge in [-0.05, 0) is 31.8 Å². The second-order valence-electron chi connectivity index (χ2n) is 6.03. The van der Waals surface area contributed by atoms with E-state index >= 15 is 0 Å². The number of rotatable bonds is 4. The van der Waals surface area contributed by atoms with Crippen molar-refractivity contribution < 1.29 is 19.7 Å². The molecular weight excluding hydrogens is 260 g/mol. The average molecular weight is 286 g/mol. The lowest BCUT2D eigenvalue weighted by Crippen LogP contribution is -2.53. The Kier molecular flexibility index (Phi) is 5.37. The molecule has 0 aromatic heterocycles. The van der Waals surface area contributed by atoms with Crippen LogP contribution < -0.4 is 5.32 Å². The Morgan fingerprint density at radius 3 is 2.55 bits per heavy atom. The summed E-state index contributed by atoms with van der Waals surface area (Å²) in [6.45, 7) is 5.75. The molecule has 2 saturated heterocycles. The zero-order chi connectivity index (χ0) is 14.7. The van der Waals surface area contributed by atoms with Gasteiger partial charge in [0.25, 0.3) is 0 Å². The van der Waals surface area contributed by atoms with Gasteiger partial charge in [0.1, 0.15) is 12.2 Å². The first kappa shape index (κ1) is 15.7. The van der Waals surface area contributed by atoms with Crippen LogP contribution in [0.4, 0.5) is 0 Å². The number of aliphatic hydroxyl groups excluding tert-OH is 2. The quantitative estimate of drug-likeness (QED) is 0.639. The normalized spacial score (nSPS) is 36.2. The van der Waals surface area contributed by atoms with Gasteiger partial charge in [0.2, 0.25) is 5.91 Å². The van der Waals surface area contributed by atoms with Crippen molar-refractivity contribution >= 4 is 5.91 Å². The van der Waals surface area contributed by atoms with E-state index in [2.05, 4.69) is 17.1 Å². The van der Waals surface area contributed by atoms with Gasteiger partial charge in [0.15, 0.2) is 0 Å². The first-order chi connectivity index (χ1) is 9.52. The maximum atomic E-state index is 11.1. The van der Waals surface area contributed by atoms with E-state index in [0.717, 1.165) is 25.9 Å². The highest BCUT2D eigenvalue weighted by molar-refractivity contribution is 5.72. The summed E-state index contributed by atoms with van der Waals surface area (Å²) in [5, 5.41) is 22.4. The van der Waals surface area contributed by atoms with Crippen LogP contribution in [0.2, 0.25) is 0 Å². The van der Waals surface area contributed by atoms with Crippen LogP contribution in [-0.4, -0.2) is 71.6 Å². The van der Waals surface area contributed by atoms with Crippen molar-refractivity contribution in [3.63, 3.8) is 0 Å². The summed E-state index contributed by atoms with van der Waals surface area (Å²) < 4.78 is 5.71. The molecule has 0 bridgehead atoms. The number of nitrogens with zero attached hydrogens (tertiary/aromatic N) is 1. The molecule has 116 valence electrons. The van der Waals surface area contributed by atoms with Crippen LogP contribution in [0.25, 0.3) is 0 Å². The van der Waals surface area contributed by atoms with Crippen molar-refractivity contribution in [3.05, 3.63) is 0 Å². The van der Waals surface area contributed by atoms with Gasteiger partial charge in [-0.2, -0.15) is 0 Å². The molecule has 2 aliphatic rings. The zero-order valence-electron chi connectivity index (χ0n) is 12.3. The molecule has 1 amide bonds. The lowest BCUT2D eigenvalue weighted by molar-refractivity contribution is -0.119. The van der Waals surface area contributed by atoms with Crippen molar-refractivity contribution in [2.24, 2.45) is 5.92 Å². The molecule has 6 heteroatoms. The van der Waals surface area contributed by atoms with Crippen LogP contribution in [0, 0.1) is 5.92 Å². The van der Waals surface area contributed by atoms with Crippen LogP contribution in [0.15, 0.2) is 0 Å². The molecule has 6 nitrogen and oxygen atoms in total. The molecule has 0 aromatic rings. The Balaban J connectivity index is 2.02. The molecule has 2 fully saturated rings. The predicted molar refractivity (Wildman–Crippen MR) is 74.2 cm³/mol. The summed E-state index contributed by atoms with van der Waals surface area (Å²) in [7, 11) is 0. The van der Waals surface area contributed by atoms with Crippen molar-refractivity contribution in [3.8, 4) is 0 Å². The van der Waals surface area contributed by atoms with Gasteiger partial charge in [0.05, 0.1) is 18.8 Å². The van der Waals surface area contributed by atoms with Crippen LogP contribution in [-0.2, 0) is 9.53 Å². The number of piperidine rings is 1. The summed E-state index contributed by atoms with van der Waals surface area (Å²) >= 11 is 0. The summed E-state index contributed by atoms with van der Waals surface area (Å²) in [5.74, 6) is 0.606. The number of amides is 1. The topological polar surface area (TPSA) is 82.0 Å². The van der Waals surface area contributed by atoms with E-state index < -0.39 is 12.2 Å². The second kappa shape index (κ2) is 6.85. The predicted octanol–water partition coefficient (Wildman–Crippen LogP) is -0.656. The number of carbonyl (C=O) groups excluding carboxylic acids is 1. The summed E-state index contributed by atoms with van der Waals surface area (Å²) in [6, 6.07) is -0.147. The lowest BCUT2D eigenvalue weighted by Gasteiger charge is -2.38. The maximum Gasteiger partial charge on any atom is 0.216 e. The smallest absolute Gasteiger partial charge is 0.216 e. The van der Waals surface area contributed by atoms with Gasteiger partial charge in [-0.1, -0.05) is 6.92 Å². The number of carbonyl (C=O) groups is 1. The minimum Gasteiger partial charge on any atom is -0.394 e. The minimum atomic E-state index is -0.702. The van der Waals surface area contributed by atoms with E-state index in [-0.39, 0.29) is 24.7 Å².